The van der Waals surface area contributed by atoms with Gasteiger partial charge in [0.25, 0.3) is 0 Å². The standard InChI is InChI=1S/C19H18N2O3S/c1-2-23-18(22)15-10-14(16-12-25-19(20)21-16)8-9-17(15)24-11-13-6-4-3-5-7-13/h3-10,12H,2,11H2,1H3,(H2,20,21). The van der Waals surface area contributed by atoms with Crippen LogP contribution in [-0.4, -0.2) is 17.6 Å². The molecular formula is C19H18N2O3S. The average Bonchev–Trinajstić information content (AvgIpc) is 3.07. The Bertz CT molecular complexity index is 862. The van der Waals surface area contributed by atoms with Gasteiger partial charge in [0.2, 0.25) is 0 Å². The molecule has 0 unspecified atom stereocenters. The number of anilines is 1. The number of nitrogens with two attached hydrogens (primary N) is 1. The first kappa shape index (κ1) is 17.0. The Labute approximate surface area is 150 Å². The van der Waals surface area contributed by atoms with Crippen molar-refractivity contribution in [3.63, 3.8) is 0 Å². The minimum atomic E-state index is -0.421. The molecule has 0 saturated carbocycles. The summed E-state index contributed by atoms with van der Waals surface area (Å²) in [6.07, 6.45) is 0. The molecule has 0 aliphatic carbocycles. The molecule has 25 heavy (non-hydrogen) atoms. The molecule has 6 heteroatoms. The lowest BCUT2D eigenvalue weighted by Crippen LogP contribution is -2.08. The zero-order valence-electron chi connectivity index (χ0n) is 13.8. The van der Waals surface area contributed by atoms with E-state index < -0.39 is 5.97 Å². The molecule has 0 spiro atoms. The molecule has 0 fully saturated rings. The molecule has 0 aliphatic heterocycles. The molecule has 0 atom stereocenters. The van der Waals surface area contributed by atoms with Gasteiger partial charge in [-0.2, -0.15) is 0 Å². The van der Waals surface area contributed by atoms with Gasteiger partial charge in [-0.25, -0.2) is 9.78 Å². The lowest BCUT2D eigenvalue weighted by atomic mass is 10.1. The van der Waals surface area contributed by atoms with Gasteiger partial charge in [-0.1, -0.05) is 30.3 Å². The van der Waals surface area contributed by atoms with E-state index in [1.807, 2.05) is 41.8 Å². The Hall–Kier alpha value is -2.86. The molecule has 0 aliphatic rings. The average molecular weight is 354 g/mol. The number of aromatic nitrogens is 1. The molecule has 3 rings (SSSR count). The third-order valence-electron chi connectivity index (χ3n) is 3.53. The van der Waals surface area contributed by atoms with E-state index in [1.54, 1.807) is 19.1 Å². The van der Waals surface area contributed by atoms with Gasteiger partial charge in [-0.15, -0.1) is 11.3 Å². The van der Waals surface area contributed by atoms with Crippen LogP contribution in [0.1, 0.15) is 22.8 Å². The van der Waals surface area contributed by atoms with Crippen LogP contribution in [0.3, 0.4) is 0 Å². The van der Waals surface area contributed by atoms with Gasteiger partial charge in [0, 0.05) is 10.9 Å². The lowest BCUT2D eigenvalue weighted by molar-refractivity contribution is 0.0521. The van der Waals surface area contributed by atoms with Crippen LogP contribution >= 0.6 is 11.3 Å². The van der Waals surface area contributed by atoms with Gasteiger partial charge in [0.1, 0.15) is 17.9 Å². The predicted molar refractivity (Wildman–Crippen MR) is 98.7 cm³/mol. The van der Waals surface area contributed by atoms with Gasteiger partial charge in [0.05, 0.1) is 12.3 Å². The molecule has 5 nitrogen and oxygen atoms in total. The summed E-state index contributed by atoms with van der Waals surface area (Å²) in [5.41, 5.74) is 8.61. The van der Waals surface area contributed by atoms with Crippen molar-refractivity contribution in [3.05, 3.63) is 65.0 Å². The zero-order valence-corrected chi connectivity index (χ0v) is 14.6. The fourth-order valence-electron chi connectivity index (χ4n) is 2.34. The second-order valence-electron chi connectivity index (χ2n) is 5.28. The maximum Gasteiger partial charge on any atom is 0.341 e. The number of benzene rings is 2. The van der Waals surface area contributed by atoms with Gasteiger partial charge in [-0.05, 0) is 30.7 Å². The zero-order chi connectivity index (χ0) is 17.6. The van der Waals surface area contributed by atoms with E-state index in [-0.39, 0.29) is 0 Å². The predicted octanol–water partition coefficient (Wildman–Crippen LogP) is 4.15. The molecule has 0 bridgehead atoms. The first-order valence-electron chi connectivity index (χ1n) is 7.86. The number of nitrogens with zero attached hydrogens (tertiary/aromatic N) is 1. The first-order chi connectivity index (χ1) is 12.2. The summed E-state index contributed by atoms with van der Waals surface area (Å²) in [7, 11) is 0. The second-order valence-corrected chi connectivity index (χ2v) is 6.17. The second kappa shape index (κ2) is 7.81. The molecule has 1 aromatic heterocycles. The van der Waals surface area contributed by atoms with Crippen LogP contribution in [0.2, 0.25) is 0 Å². The Kier molecular flexibility index (Phi) is 5.30. The van der Waals surface area contributed by atoms with Crippen LogP contribution in [0, 0.1) is 0 Å². The largest absolute Gasteiger partial charge is 0.488 e. The highest BCUT2D eigenvalue weighted by molar-refractivity contribution is 7.13. The van der Waals surface area contributed by atoms with E-state index in [4.69, 9.17) is 15.2 Å². The van der Waals surface area contributed by atoms with Crippen molar-refractivity contribution in [2.45, 2.75) is 13.5 Å². The van der Waals surface area contributed by atoms with E-state index in [0.717, 1.165) is 16.8 Å². The van der Waals surface area contributed by atoms with Gasteiger partial charge < -0.3 is 15.2 Å². The fourth-order valence-corrected chi connectivity index (χ4v) is 2.91. The van der Waals surface area contributed by atoms with Crippen LogP contribution in [0.4, 0.5) is 5.13 Å². The van der Waals surface area contributed by atoms with E-state index in [1.165, 1.54) is 11.3 Å². The van der Waals surface area contributed by atoms with E-state index in [9.17, 15) is 4.79 Å². The monoisotopic (exact) mass is 354 g/mol. The van der Waals surface area contributed by atoms with Crippen LogP contribution in [0.25, 0.3) is 11.3 Å². The highest BCUT2D eigenvalue weighted by atomic mass is 32.1. The number of nitrogen functional groups attached to an aromatic ring is 1. The van der Waals surface area contributed by atoms with Crippen molar-refractivity contribution in [2.75, 3.05) is 12.3 Å². The van der Waals surface area contributed by atoms with Gasteiger partial charge in [0.15, 0.2) is 5.13 Å². The summed E-state index contributed by atoms with van der Waals surface area (Å²) in [4.78, 5) is 16.6. The number of carbonyl (C=O) groups excluding carboxylic acids is 1. The van der Waals surface area contributed by atoms with Gasteiger partial charge >= 0.3 is 5.97 Å². The van der Waals surface area contributed by atoms with Crippen LogP contribution in [0.5, 0.6) is 5.75 Å². The number of hydrogen-bond donors (Lipinski definition) is 1. The quantitative estimate of drug-likeness (QED) is 0.673. The first-order valence-corrected chi connectivity index (χ1v) is 8.74. The van der Waals surface area contributed by atoms with E-state index >= 15 is 0 Å². The summed E-state index contributed by atoms with van der Waals surface area (Å²) in [6.45, 7) is 2.44. The Morgan fingerprint density at radius 2 is 2.00 bits per heavy atom. The molecule has 2 N–H and O–H groups in total. The molecule has 0 amide bonds. The van der Waals surface area contributed by atoms with Crippen molar-refractivity contribution >= 4 is 22.4 Å². The minimum Gasteiger partial charge on any atom is -0.488 e. The molecular weight excluding hydrogens is 336 g/mol. The summed E-state index contributed by atoms with van der Waals surface area (Å²) >= 11 is 1.35. The maximum atomic E-state index is 12.3. The molecule has 3 aromatic rings. The van der Waals surface area contributed by atoms with Crippen molar-refractivity contribution in [3.8, 4) is 17.0 Å². The highest BCUT2D eigenvalue weighted by Crippen LogP contribution is 2.29. The lowest BCUT2D eigenvalue weighted by Gasteiger charge is -2.12. The number of esters is 1. The molecule has 0 saturated heterocycles. The van der Waals surface area contributed by atoms with Crippen LogP contribution < -0.4 is 10.5 Å². The normalized spacial score (nSPS) is 10.4. The number of hydrogen-bond acceptors (Lipinski definition) is 6. The smallest absolute Gasteiger partial charge is 0.341 e. The SMILES string of the molecule is CCOC(=O)c1cc(-c2csc(N)n2)ccc1OCc1ccccc1. The summed E-state index contributed by atoms with van der Waals surface area (Å²) in [6, 6.07) is 15.1. The highest BCUT2D eigenvalue weighted by Gasteiger charge is 2.16. The third kappa shape index (κ3) is 4.16. The number of ether oxygens (including phenoxy) is 2. The fraction of sp³-hybridized carbons (Fsp3) is 0.158. The van der Waals surface area contributed by atoms with E-state index in [0.29, 0.717) is 29.7 Å². The van der Waals surface area contributed by atoms with Crippen molar-refractivity contribution in [1.82, 2.24) is 4.98 Å². The maximum absolute atomic E-state index is 12.3. The van der Waals surface area contributed by atoms with Crippen molar-refractivity contribution in [2.24, 2.45) is 0 Å². The minimum absolute atomic E-state index is 0.296. The van der Waals surface area contributed by atoms with Crippen molar-refractivity contribution in [1.29, 1.82) is 0 Å². The van der Waals surface area contributed by atoms with E-state index in [2.05, 4.69) is 4.98 Å². The van der Waals surface area contributed by atoms with Crippen molar-refractivity contribution < 1.29 is 14.3 Å². The molecule has 0 radical (unpaired) electrons. The number of rotatable bonds is 6. The Morgan fingerprint density at radius 3 is 2.68 bits per heavy atom. The summed E-state index contributed by atoms with van der Waals surface area (Å²) in [5, 5.41) is 2.33. The van der Waals surface area contributed by atoms with Gasteiger partial charge in [-0.3, -0.25) is 0 Å². The third-order valence-corrected chi connectivity index (χ3v) is 4.20. The Balaban J connectivity index is 1.89. The van der Waals surface area contributed by atoms with Crippen LogP contribution in [0.15, 0.2) is 53.9 Å². The molecule has 2 aromatic carbocycles. The summed E-state index contributed by atoms with van der Waals surface area (Å²) < 4.78 is 11.0. The number of thiazole rings is 1. The number of carbonyl (C=O) groups is 1. The summed E-state index contributed by atoms with van der Waals surface area (Å²) in [5.74, 6) is 0.0601. The van der Waals surface area contributed by atoms with Crippen LogP contribution in [-0.2, 0) is 11.3 Å². The molecule has 1 heterocycles. The topological polar surface area (TPSA) is 74.4 Å². The molecule has 128 valence electrons. The Morgan fingerprint density at radius 1 is 1.20 bits per heavy atom.